The maximum Gasteiger partial charge on any atom is 0.204 e. The van der Waals surface area contributed by atoms with Gasteiger partial charge in [0.05, 0.1) is 22.8 Å². The van der Waals surface area contributed by atoms with E-state index >= 15 is 4.79 Å². The van der Waals surface area contributed by atoms with Gasteiger partial charge in [-0.2, -0.15) is 0 Å². The van der Waals surface area contributed by atoms with Gasteiger partial charge in [-0.1, -0.05) is 207 Å². The summed E-state index contributed by atoms with van der Waals surface area (Å²) >= 11 is 3.71. The van der Waals surface area contributed by atoms with Gasteiger partial charge < -0.3 is 15.3 Å². The van der Waals surface area contributed by atoms with Crippen molar-refractivity contribution >= 4 is 49.7 Å². The molecule has 9 rings (SSSR count). The van der Waals surface area contributed by atoms with Crippen LogP contribution in [-0.4, -0.2) is 21.5 Å². The molecule has 0 saturated carbocycles. The summed E-state index contributed by atoms with van der Waals surface area (Å²) in [7, 11) is 0. The fourth-order valence-electron chi connectivity index (χ4n) is 10.1. The van der Waals surface area contributed by atoms with Crippen LogP contribution in [0.1, 0.15) is 192 Å². The van der Waals surface area contributed by atoms with Crippen molar-refractivity contribution in [2.24, 2.45) is 4.99 Å². The quantitative estimate of drug-likeness (QED) is 0.165. The minimum absolute atomic E-state index is 0.0813. The van der Waals surface area contributed by atoms with E-state index in [1.54, 1.807) is 0 Å². The molecule has 0 amide bonds. The number of hydrogen-bond acceptors (Lipinski definition) is 3. The average Bonchev–Trinajstić information content (AvgIpc) is 4.13. The Kier molecular flexibility index (Phi) is 13.0. The van der Waals surface area contributed by atoms with Crippen LogP contribution in [0.3, 0.4) is 0 Å². The number of H-pyrrole nitrogens is 2. The number of carbonyl (C=O) groups is 1. The second kappa shape index (κ2) is 18.3. The van der Waals surface area contributed by atoms with Crippen molar-refractivity contribution in [3.05, 3.63) is 221 Å². The number of halogens is 1. The van der Waals surface area contributed by atoms with E-state index in [0.29, 0.717) is 5.70 Å². The molecule has 74 heavy (non-hydrogen) atoms. The number of nitrogens with one attached hydrogen (secondary N) is 3. The zero-order chi connectivity index (χ0) is 53.8. The fourth-order valence-corrected chi connectivity index (χ4v) is 10.3. The number of ketones is 1. The molecule has 3 N–H and O–H groups in total. The highest BCUT2D eigenvalue weighted by atomic mass is 79.9. The molecule has 8 bridgehead atoms. The normalized spacial score (nSPS) is 15.9. The van der Waals surface area contributed by atoms with E-state index in [9.17, 15) is 0 Å². The third-order valence-electron chi connectivity index (χ3n) is 14.9. The number of hydrogen-bond donors (Lipinski definition) is 3. The summed E-state index contributed by atoms with van der Waals surface area (Å²) in [5.74, 6) is -0.0813. The molecule has 0 fully saturated rings. The number of aromatic amines is 2. The summed E-state index contributed by atoms with van der Waals surface area (Å²) in [5, 5.41) is 5.68. The van der Waals surface area contributed by atoms with Gasteiger partial charge in [0.1, 0.15) is 0 Å². The smallest absolute Gasteiger partial charge is 0.204 e. The van der Waals surface area contributed by atoms with Crippen molar-refractivity contribution in [2.75, 3.05) is 0 Å². The van der Waals surface area contributed by atoms with E-state index in [1.807, 2.05) is 6.08 Å². The number of rotatable bonds is 4. The number of benzene rings is 4. The topological polar surface area (TPSA) is 73.0 Å². The molecule has 2 aromatic heterocycles. The monoisotopic (exact) mass is 1040 g/mol. The first-order valence-corrected chi connectivity index (χ1v) is 27.2. The summed E-state index contributed by atoms with van der Waals surface area (Å²) in [4.78, 5) is 29.0. The van der Waals surface area contributed by atoms with Gasteiger partial charge in [0.25, 0.3) is 0 Å². The summed E-state index contributed by atoms with van der Waals surface area (Å²) in [5.41, 5.74) is 19.1. The highest BCUT2D eigenvalue weighted by Gasteiger charge is 2.33. The molecule has 4 aromatic carbocycles. The van der Waals surface area contributed by atoms with Gasteiger partial charge in [-0.15, -0.1) is 0 Å². The SMILES string of the molecule is CC(C)(C)c1cc(C2=C3C=CC(=N3)C(c3ccc(Br)cc3)=c3ccc([nH]3)=C(c3cc(C(C)(C)C)cc(C(C)(C)C)c3)C3=CC(=O)C(=C(c4cc(C(C)(C)C)cc(C(C)(C)C)c4)c4ccc2[nH]4)N3)cc(C(C)(C)C)c1. The van der Waals surface area contributed by atoms with Gasteiger partial charge >= 0.3 is 0 Å². The predicted molar refractivity (Wildman–Crippen MR) is 316 cm³/mol. The molecule has 3 aliphatic heterocycles. The molecule has 0 atom stereocenters. The van der Waals surface area contributed by atoms with E-state index in [1.165, 1.54) is 33.4 Å². The lowest BCUT2D eigenvalue weighted by Gasteiger charge is -2.27. The predicted octanol–water partition coefficient (Wildman–Crippen LogP) is 15.6. The number of carbonyl (C=O) groups excluding carboxylic acids is 1. The fraction of sp³-hybridized carbons (Fsp3) is 0.353. The standard InChI is InChI=1S/C68H77BrN4O/c1-63(2,3)43-29-40(30-44(35-43)64(4,5)6)59-52-25-23-50(70-52)58(39-19-21-49(69)22-20-39)51-24-26-54(71-51)60(41-31-45(65(7,8)9)36-46(32-41)66(10,11)12)56-38-57(74)62(73-56)61(55-28-27-53(59)72-55)42-33-47(67(13,14)15)37-48(34-42)68(16,17)18/h19-38,71-73H,1-18H3. The molecule has 0 aliphatic carbocycles. The zero-order valence-electron chi connectivity index (χ0n) is 47.3. The Morgan fingerprint density at radius 3 is 1.23 bits per heavy atom. The van der Waals surface area contributed by atoms with Crippen LogP contribution in [-0.2, 0) is 37.3 Å². The second-order valence-electron chi connectivity index (χ2n) is 27.1. The summed E-state index contributed by atoms with van der Waals surface area (Å²) in [6, 6.07) is 38.2. The molecule has 5 nitrogen and oxygen atoms in total. The minimum atomic E-state index is -0.164. The van der Waals surface area contributed by atoms with Gasteiger partial charge in [0.2, 0.25) is 5.78 Å². The van der Waals surface area contributed by atoms with Crippen LogP contribution in [0, 0.1) is 0 Å². The molecule has 3 aliphatic rings. The number of aliphatic imine (C=N–C) groups is 1. The Morgan fingerprint density at radius 1 is 0.405 bits per heavy atom. The maximum absolute atomic E-state index is 15.4. The van der Waals surface area contributed by atoms with Crippen LogP contribution < -0.4 is 16.0 Å². The molecular formula is C68H77BrN4O. The lowest BCUT2D eigenvalue weighted by atomic mass is 9.78. The van der Waals surface area contributed by atoms with E-state index in [-0.39, 0.29) is 38.3 Å². The maximum atomic E-state index is 15.4. The van der Waals surface area contributed by atoms with Crippen molar-refractivity contribution in [1.29, 1.82) is 0 Å². The molecule has 0 unspecified atom stereocenters. The van der Waals surface area contributed by atoms with Crippen molar-refractivity contribution in [2.45, 2.75) is 157 Å². The Bertz CT molecular complexity index is 3470. The van der Waals surface area contributed by atoms with Crippen LogP contribution in [0.25, 0.3) is 22.3 Å². The van der Waals surface area contributed by atoms with Gasteiger partial charge in [0, 0.05) is 54.9 Å². The van der Waals surface area contributed by atoms with Crippen LogP contribution in [0.4, 0.5) is 0 Å². The molecule has 5 heterocycles. The van der Waals surface area contributed by atoms with E-state index < -0.39 is 0 Å². The van der Waals surface area contributed by atoms with Gasteiger partial charge in [-0.25, -0.2) is 4.99 Å². The lowest BCUT2D eigenvalue weighted by molar-refractivity contribution is -0.111. The number of allylic oxidation sites excluding steroid dienone is 4. The van der Waals surface area contributed by atoms with Crippen molar-refractivity contribution < 1.29 is 4.79 Å². The minimum Gasteiger partial charge on any atom is -0.354 e. The molecular weight excluding hydrogens is 969 g/mol. The van der Waals surface area contributed by atoms with Gasteiger partial charge in [-0.3, -0.25) is 4.79 Å². The molecule has 6 aromatic rings. The van der Waals surface area contributed by atoms with Crippen molar-refractivity contribution in [3.8, 4) is 0 Å². The Balaban J connectivity index is 1.47. The third-order valence-corrected chi connectivity index (χ3v) is 15.4. The summed E-state index contributed by atoms with van der Waals surface area (Å²) in [6.07, 6.45) is 6.17. The van der Waals surface area contributed by atoms with Crippen LogP contribution >= 0.6 is 15.9 Å². The molecule has 6 heteroatoms. The van der Waals surface area contributed by atoms with E-state index in [4.69, 9.17) is 4.99 Å². The van der Waals surface area contributed by atoms with Crippen LogP contribution in [0.5, 0.6) is 0 Å². The first-order chi connectivity index (χ1) is 34.2. The first kappa shape index (κ1) is 52.6. The Morgan fingerprint density at radius 2 is 0.797 bits per heavy atom. The van der Waals surface area contributed by atoms with Gasteiger partial charge in [-0.05, 0) is 137 Å². The molecule has 382 valence electrons. The lowest BCUT2D eigenvalue weighted by Crippen LogP contribution is -2.23. The molecule has 0 radical (unpaired) electrons. The number of aromatic nitrogens is 2. The van der Waals surface area contributed by atoms with Crippen molar-refractivity contribution in [3.63, 3.8) is 0 Å². The highest BCUT2D eigenvalue weighted by molar-refractivity contribution is 9.10. The zero-order valence-corrected chi connectivity index (χ0v) is 48.9. The van der Waals surface area contributed by atoms with Crippen molar-refractivity contribution in [1.82, 2.24) is 15.3 Å². The van der Waals surface area contributed by atoms with Gasteiger partial charge in [0.15, 0.2) is 0 Å². The van der Waals surface area contributed by atoms with Crippen LogP contribution in [0.15, 0.2) is 148 Å². The van der Waals surface area contributed by atoms with E-state index in [2.05, 4.69) is 271 Å². The van der Waals surface area contributed by atoms with Crippen LogP contribution in [0.2, 0.25) is 0 Å². The average molecular weight is 1050 g/mol. The first-order valence-electron chi connectivity index (χ1n) is 26.4. The largest absolute Gasteiger partial charge is 0.354 e. The highest BCUT2D eigenvalue weighted by Crippen LogP contribution is 2.42. The summed E-state index contributed by atoms with van der Waals surface area (Å²) in [6.45, 7) is 41.0. The summed E-state index contributed by atoms with van der Waals surface area (Å²) < 4.78 is 1.00. The number of nitrogens with zero attached hydrogens (tertiary/aromatic N) is 1. The molecule has 0 saturated heterocycles. The third kappa shape index (κ3) is 10.4. The molecule has 0 spiro atoms. The second-order valence-corrected chi connectivity index (χ2v) is 28.0. The Labute approximate surface area is 450 Å². The number of fused-ring (bicyclic) bond motifs is 7. The van der Waals surface area contributed by atoms with E-state index in [0.717, 1.165) is 88.2 Å². The Hall–Kier alpha value is -6.24.